The lowest BCUT2D eigenvalue weighted by Gasteiger charge is -2.38. The van der Waals surface area contributed by atoms with Gasteiger partial charge in [-0.05, 0) is 32.9 Å². The van der Waals surface area contributed by atoms with E-state index in [1.165, 1.54) is 11.8 Å². The van der Waals surface area contributed by atoms with Gasteiger partial charge in [0.05, 0.1) is 16.7 Å². The number of anilines is 1. The lowest BCUT2D eigenvalue weighted by molar-refractivity contribution is 0.0447. The van der Waals surface area contributed by atoms with Crippen molar-refractivity contribution in [1.82, 2.24) is 15.0 Å². The number of aromatic nitrogens is 3. The number of halogens is 2. The minimum Gasteiger partial charge on any atom is -0.388 e. The molecule has 5 nitrogen and oxygen atoms in total. The summed E-state index contributed by atoms with van der Waals surface area (Å²) in [5.41, 5.74) is -0.0252. The highest BCUT2D eigenvalue weighted by atomic mass is 35.5. The van der Waals surface area contributed by atoms with Crippen molar-refractivity contribution in [3.63, 3.8) is 0 Å². The summed E-state index contributed by atoms with van der Waals surface area (Å²) in [5.74, 6) is -0.0186. The number of piperidine rings is 1. The van der Waals surface area contributed by atoms with Crippen LogP contribution in [0.15, 0.2) is 5.16 Å². The highest BCUT2D eigenvalue weighted by Gasteiger charge is 2.31. The normalized spacial score (nSPS) is 21.9. The van der Waals surface area contributed by atoms with E-state index in [2.05, 4.69) is 15.0 Å². The minimum absolute atomic E-state index is 0.182. The third-order valence-corrected chi connectivity index (χ3v) is 4.84. The molecule has 0 amide bonds. The molecule has 0 aromatic carbocycles. The van der Waals surface area contributed by atoms with Gasteiger partial charge in [-0.1, -0.05) is 23.4 Å². The summed E-state index contributed by atoms with van der Waals surface area (Å²) in [4.78, 5) is 14.9. The quantitative estimate of drug-likeness (QED) is 0.506. The van der Waals surface area contributed by atoms with E-state index in [4.69, 9.17) is 11.6 Å². The molecule has 1 atom stereocenters. The molecule has 1 aliphatic heterocycles. The number of aliphatic hydroxyl groups is 1. The molecular formula is C15H18ClFN4OS. The van der Waals surface area contributed by atoms with Gasteiger partial charge in [0.25, 0.3) is 0 Å². The number of aryl methyl sites for hydroxylation is 1. The Labute approximate surface area is 143 Å². The number of β-amino-alcohol motifs (C(OH)–C–C–N with tert-alkyl or cyclic N) is 1. The Morgan fingerprint density at radius 2 is 2.09 bits per heavy atom. The first kappa shape index (κ1) is 16.7. The third kappa shape index (κ3) is 3.09. The molecule has 0 radical (unpaired) electrons. The summed E-state index contributed by atoms with van der Waals surface area (Å²) in [6, 6.07) is 0. The van der Waals surface area contributed by atoms with E-state index >= 15 is 0 Å². The van der Waals surface area contributed by atoms with Gasteiger partial charge < -0.3 is 10.0 Å². The van der Waals surface area contributed by atoms with Crippen molar-refractivity contribution in [2.45, 2.75) is 37.4 Å². The minimum atomic E-state index is -0.790. The van der Waals surface area contributed by atoms with Gasteiger partial charge in [-0.15, -0.1) is 0 Å². The molecule has 2 aromatic rings. The first-order valence-electron chi connectivity index (χ1n) is 7.37. The second kappa shape index (κ2) is 6.03. The zero-order valence-corrected chi connectivity index (χ0v) is 14.8. The standard InChI is InChI=1S/C15H18ClFN4OS/c1-8-9-11(10(17)12(16)18-8)19-14(23-3)20-13(9)21-6-4-5-15(2,22)7-21/h22H,4-7H2,1-3H3. The molecule has 1 unspecified atom stereocenters. The fourth-order valence-corrected chi connectivity index (χ4v) is 3.57. The Balaban J connectivity index is 2.25. The lowest BCUT2D eigenvalue weighted by Crippen LogP contribution is -2.46. The van der Waals surface area contributed by atoms with Gasteiger partial charge in [0.1, 0.15) is 11.3 Å². The third-order valence-electron chi connectivity index (χ3n) is 4.04. The van der Waals surface area contributed by atoms with Crippen LogP contribution in [0.5, 0.6) is 0 Å². The van der Waals surface area contributed by atoms with Gasteiger partial charge in [0.15, 0.2) is 16.1 Å². The van der Waals surface area contributed by atoms with Crippen molar-refractivity contribution < 1.29 is 9.50 Å². The molecule has 23 heavy (non-hydrogen) atoms. The molecule has 8 heteroatoms. The first-order chi connectivity index (χ1) is 10.8. The lowest BCUT2D eigenvalue weighted by atomic mass is 9.95. The van der Waals surface area contributed by atoms with Gasteiger partial charge in [0.2, 0.25) is 0 Å². The van der Waals surface area contributed by atoms with Crippen LogP contribution in [0.25, 0.3) is 10.9 Å². The van der Waals surface area contributed by atoms with Crippen molar-refractivity contribution in [3.05, 3.63) is 16.7 Å². The summed E-state index contributed by atoms with van der Waals surface area (Å²) in [5, 5.41) is 11.2. The maximum Gasteiger partial charge on any atom is 0.189 e. The average molecular weight is 357 g/mol. The second-order valence-corrected chi connectivity index (χ2v) is 7.21. The molecule has 3 rings (SSSR count). The van der Waals surface area contributed by atoms with Crippen LogP contribution in [-0.2, 0) is 0 Å². The van der Waals surface area contributed by atoms with Crippen molar-refractivity contribution in [1.29, 1.82) is 0 Å². The number of nitrogens with zero attached hydrogens (tertiary/aromatic N) is 4. The molecule has 3 heterocycles. The van der Waals surface area contributed by atoms with E-state index in [0.29, 0.717) is 28.6 Å². The van der Waals surface area contributed by atoms with Crippen LogP contribution in [0.3, 0.4) is 0 Å². The number of pyridine rings is 1. The van der Waals surface area contributed by atoms with E-state index < -0.39 is 11.4 Å². The van der Waals surface area contributed by atoms with Gasteiger partial charge in [-0.2, -0.15) is 0 Å². The number of hydrogen-bond donors (Lipinski definition) is 1. The highest BCUT2D eigenvalue weighted by molar-refractivity contribution is 7.98. The van der Waals surface area contributed by atoms with Crippen LogP contribution < -0.4 is 4.90 Å². The van der Waals surface area contributed by atoms with Crippen molar-refractivity contribution in [2.75, 3.05) is 24.2 Å². The summed E-state index contributed by atoms with van der Waals surface area (Å²) in [6.07, 6.45) is 3.42. The van der Waals surface area contributed by atoms with Crippen molar-refractivity contribution >= 4 is 40.1 Å². The Morgan fingerprint density at radius 3 is 2.74 bits per heavy atom. The van der Waals surface area contributed by atoms with Crippen molar-refractivity contribution in [2.24, 2.45) is 0 Å². The summed E-state index contributed by atoms with van der Waals surface area (Å²) >= 11 is 7.21. The zero-order valence-electron chi connectivity index (χ0n) is 13.2. The largest absolute Gasteiger partial charge is 0.388 e. The van der Waals surface area contributed by atoms with Gasteiger partial charge in [-0.3, -0.25) is 0 Å². The van der Waals surface area contributed by atoms with Crippen LogP contribution >= 0.6 is 23.4 Å². The van der Waals surface area contributed by atoms with E-state index in [1.54, 1.807) is 13.8 Å². The SMILES string of the molecule is CSc1nc(N2CCCC(C)(O)C2)c2c(C)nc(Cl)c(F)c2n1. The van der Waals surface area contributed by atoms with Crippen LogP contribution in [0.4, 0.5) is 10.2 Å². The van der Waals surface area contributed by atoms with Gasteiger partial charge in [0, 0.05) is 13.1 Å². The smallest absolute Gasteiger partial charge is 0.189 e. The molecule has 2 aromatic heterocycles. The first-order valence-corrected chi connectivity index (χ1v) is 8.97. The molecule has 124 valence electrons. The maximum atomic E-state index is 14.4. The van der Waals surface area contributed by atoms with E-state index in [-0.39, 0.29) is 10.7 Å². The van der Waals surface area contributed by atoms with E-state index in [1.807, 2.05) is 11.2 Å². The van der Waals surface area contributed by atoms with E-state index in [9.17, 15) is 9.50 Å². The molecule has 0 bridgehead atoms. The van der Waals surface area contributed by atoms with Gasteiger partial charge >= 0.3 is 0 Å². The number of fused-ring (bicyclic) bond motifs is 1. The molecule has 1 aliphatic rings. The Morgan fingerprint density at radius 1 is 1.35 bits per heavy atom. The molecule has 0 saturated carbocycles. The van der Waals surface area contributed by atoms with Crippen LogP contribution in [-0.4, -0.2) is 45.0 Å². The number of rotatable bonds is 2. The van der Waals surface area contributed by atoms with Crippen LogP contribution in [0.2, 0.25) is 5.15 Å². The Hall–Kier alpha value is -1.18. The summed E-state index contributed by atoms with van der Waals surface area (Å²) in [6.45, 7) is 4.76. The maximum absolute atomic E-state index is 14.4. The molecule has 0 spiro atoms. The molecular weight excluding hydrogens is 339 g/mol. The van der Waals surface area contributed by atoms with Crippen LogP contribution in [0.1, 0.15) is 25.5 Å². The van der Waals surface area contributed by atoms with Gasteiger partial charge in [-0.25, -0.2) is 19.3 Å². The van der Waals surface area contributed by atoms with Crippen molar-refractivity contribution in [3.8, 4) is 0 Å². The topological polar surface area (TPSA) is 62.1 Å². The molecule has 1 N–H and O–H groups in total. The predicted octanol–water partition coefficient (Wildman–Crippen LogP) is 3.20. The highest BCUT2D eigenvalue weighted by Crippen LogP contribution is 2.34. The Bertz CT molecular complexity index is 771. The number of thioether (sulfide) groups is 1. The molecule has 0 aliphatic carbocycles. The Kier molecular flexibility index (Phi) is 4.37. The predicted molar refractivity (Wildman–Crippen MR) is 90.9 cm³/mol. The second-order valence-electron chi connectivity index (χ2n) is 6.08. The summed E-state index contributed by atoms with van der Waals surface area (Å²) in [7, 11) is 0. The van der Waals surface area contributed by atoms with E-state index in [0.717, 1.165) is 19.4 Å². The van der Waals surface area contributed by atoms with Crippen LogP contribution in [0, 0.1) is 12.7 Å². The fraction of sp³-hybridized carbons (Fsp3) is 0.533. The fourth-order valence-electron chi connectivity index (χ4n) is 2.99. The number of hydrogen-bond acceptors (Lipinski definition) is 6. The molecule has 1 fully saturated rings. The monoisotopic (exact) mass is 356 g/mol. The molecule has 1 saturated heterocycles. The average Bonchev–Trinajstić information content (AvgIpc) is 2.50. The zero-order chi connectivity index (χ0) is 16.8. The summed E-state index contributed by atoms with van der Waals surface area (Å²) < 4.78 is 14.4.